The summed E-state index contributed by atoms with van der Waals surface area (Å²) in [5.74, 6) is -3.23. The van der Waals surface area contributed by atoms with Crippen molar-refractivity contribution in [1.29, 1.82) is 0 Å². The van der Waals surface area contributed by atoms with Gasteiger partial charge >= 0.3 is 0 Å². The summed E-state index contributed by atoms with van der Waals surface area (Å²) >= 11 is 0. The van der Waals surface area contributed by atoms with Gasteiger partial charge in [0, 0.05) is 51.6 Å². The van der Waals surface area contributed by atoms with Gasteiger partial charge in [-0.05, 0) is 18.2 Å². The van der Waals surface area contributed by atoms with Gasteiger partial charge in [-0.15, -0.1) is 0 Å². The van der Waals surface area contributed by atoms with Crippen molar-refractivity contribution in [2.45, 2.75) is 10.4 Å². The molecule has 1 N–H and O–H groups in total. The van der Waals surface area contributed by atoms with Gasteiger partial charge in [0.05, 0.1) is 17.1 Å². The third-order valence-electron chi connectivity index (χ3n) is 6.34. The molecule has 0 aromatic heterocycles. The summed E-state index contributed by atoms with van der Waals surface area (Å²) in [6.45, 7) is -0.0364. The van der Waals surface area contributed by atoms with Crippen molar-refractivity contribution in [3.05, 3.63) is 65.2 Å². The Morgan fingerprint density at radius 2 is 1.77 bits per heavy atom. The van der Waals surface area contributed by atoms with Gasteiger partial charge in [-0.1, -0.05) is 30.3 Å². The summed E-state index contributed by atoms with van der Waals surface area (Å²) in [4.78, 5) is 42.7. The largest absolute Gasteiger partial charge is 0.507 e. The molecule has 2 aliphatic heterocycles. The zero-order valence-corrected chi connectivity index (χ0v) is 20.5. The zero-order valence-electron chi connectivity index (χ0n) is 19.7. The first-order valence-corrected chi connectivity index (χ1v) is 12.1. The number of fused-ring (bicyclic) bond motifs is 2. The fourth-order valence-corrected chi connectivity index (χ4v) is 5.56. The highest BCUT2D eigenvalue weighted by Crippen LogP contribution is 2.53. The molecule has 35 heavy (non-hydrogen) atoms. The van der Waals surface area contributed by atoms with Crippen LogP contribution in [-0.2, 0) is 34.7 Å². The van der Waals surface area contributed by atoms with Gasteiger partial charge in [0.15, 0.2) is 5.54 Å². The summed E-state index contributed by atoms with van der Waals surface area (Å²) in [6, 6.07) is 12.1. The number of benzene rings is 2. The molecule has 1 spiro atoms. The zero-order chi connectivity index (χ0) is 25.7. The number of aliphatic hydroxyl groups excluding tert-OH is 1. The van der Waals surface area contributed by atoms with E-state index in [1.165, 1.54) is 57.4 Å². The lowest BCUT2D eigenvalue weighted by atomic mass is 9.82. The van der Waals surface area contributed by atoms with Crippen molar-refractivity contribution in [2.24, 2.45) is 0 Å². The predicted octanol–water partition coefficient (Wildman–Crippen LogP) is 1.14. The molecule has 2 aromatic rings. The Morgan fingerprint density at radius 3 is 2.43 bits per heavy atom. The normalized spacial score (nSPS) is 21.5. The van der Waals surface area contributed by atoms with Crippen LogP contribution in [0.15, 0.2) is 59.0 Å². The average Bonchev–Trinajstić information content (AvgIpc) is 3.20. The van der Waals surface area contributed by atoms with E-state index in [9.17, 15) is 27.9 Å². The number of Topliss-reactive ketones (excluding diaryl/α,β-unsaturated/α-hetero) is 1. The quantitative estimate of drug-likeness (QED) is 0.359. The van der Waals surface area contributed by atoms with Crippen LogP contribution in [0, 0.1) is 0 Å². The van der Waals surface area contributed by atoms with E-state index in [2.05, 4.69) is 0 Å². The first kappa shape index (κ1) is 24.6. The lowest BCUT2D eigenvalue weighted by Gasteiger charge is -2.34. The number of para-hydroxylation sites is 1. The average molecular weight is 500 g/mol. The Balaban J connectivity index is 2.04. The number of anilines is 1. The molecular formula is C24H25N3O7S. The van der Waals surface area contributed by atoms with Crippen LogP contribution in [0.4, 0.5) is 5.69 Å². The molecule has 0 radical (unpaired) electrons. The van der Waals surface area contributed by atoms with Crippen LogP contribution in [0.3, 0.4) is 0 Å². The topological polar surface area (TPSA) is 125 Å². The Labute approximate surface area is 203 Å². The molecule has 1 atom stereocenters. The smallest absolute Gasteiger partial charge is 0.296 e. The van der Waals surface area contributed by atoms with E-state index in [4.69, 9.17) is 4.74 Å². The monoisotopic (exact) mass is 499 g/mol. The Hall–Kier alpha value is -3.54. The van der Waals surface area contributed by atoms with Crippen molar-refractivity contribution in [2.75, 3.05) is 46.3 Å². The van der Waals surface area contributed by atoms with Crippen LogP contribution in [0.2, 0.25) is 0 Å². The minimum atomic E-state index is -3.85. The minimum absolute atomic E-state index is 0.0168. The molecule has 2 aliphatic rings. The summed E-state index contributed by atoms with van der Waals surface area (Å²) in [7, 11) is 1.83. The maximum atomic E-state index is 13.8. The van der Waals surface area contributed by atoms with Crippen molar-refractivity contribution in [3.8, 4) is 0 Å². The van der Waals surface area contributed by atoms with Gasteiger partial charge < -0.3 is 19.6 Å². The number of rotatable bonds is 6. The number of amides is 2. The van der Waals surface area contributed by atoms with E-state index < -0.39 is 44.5 Å². The van der Waals surface area contributed by atoms with Crippen LogP contribution in [0.25, 0.3) is 5.76 Å². The molecule has 10 nitrogen and oxygen atoms in total. The van der Waals surface area contributed by atoms with E-state index >= 15 is 0 Å². The molecule has 4 rings (SSSR count). The molecule has 0 bridgehead atoms. The van der Waals surface area contributed by atoms with E-state index in [0.29, 0.717) is 11.3 Å². The van der Waals surface area contributed by atoms with Crippen LogP contribution in [-0.4, -0.2) is 81.7 Å². The molecule has 0 saturated carbocycles. The van der Waals surface area contributed by atoms with Crippen LogP contribution in [0.1, 0.15) is 11.1 Å². The lowest BCUT2D eigenvalue weighted by molar-refractivity contribution is -0.144. The number of likely N-dealkylation sites (N-methyl/N-ethyl adjacent to an activating group) is 1. The highest BCUT2D eigenvalue weighted by molar-refractivity contribution is 7.89. The Bertz CT molecular complexity index is 1380. The van der Waals surface area contributed by atoms with E-state index in [1.54, 1.807) is 24.3 Å². The van der Waals surface area contributed by atoms with Crippen LogP contribution >= 0.6 is 0 Å². The number of aliphatic hydroxyl groups is 1. The predicted molar refractivity (Wildman–Crippen MR) is 127 cm³/mol. The van der Waals surface area contributed by atoms with Gasteiger partial charge in [0.2, 0.25) is 10.0 Å². The van der Waals surface area contributed by atoms with Crippen molar-refractivity contribution < 1.29 is 32.6 Å². The SMILES string of the molecule is COCCN1C(=O)C(=O)C(=C(O)c2cccc(S(=O)(=O)N(C)C)c2)[C@]12C(=O)N(C)c1ccccc12. The highest BCUT2D eigenvalue weighted by atomic mass is 32.2. The number of likely N-dealkylation sites (tertiary alicyclic amines) is 1. The Kier molecular flexibility index (Phi) is 6.04. The number of methoxy groups -OCH3 is 1. The molecular weight excluding hydrogens is 474 g/mol. The van der Waals surface area contributed by atoms with Crippen LogP contribution < -0.4 is 4.90 Å². The number of sulfonamides is 1. The van der Waals surface area contributed by atoms with Gasteiger partial charge in [-0.25, -0.2) is 12.7 Å². The summed E-state index contributed by atoms with van der Waals surface area (Å²) in [5.41, 5.74) is -1.51. The highest BCUT2D eigenvalue weighted by Gasteiger charge is 2.66. The molecule has 184 valence electrons. The van der Waals surface area contributed by atoms with Crippen molar-refractivity contribution >= 4 is 39.1 Å². The maximum Gasteiger partial charge on any atom is 0.296 e. The summed E-state index contributed by atoms with van der Waals surface area (Å²) in [5, 5.41) is 11.4. The van der Waals surface area contributed by atoms with Crippen LogP contribution in [0.5, 0.6) is 0 Å². The minimum Gasteiger partial charge on any atom is -0.507 e. The van der Waals surface area contributed by atoms with Gasteiger partial charge in [0.1, 0.15) is 5.76 Å². The number of carbonyl (C=O) groups is 3. The second-order valence-electron chi connectivity index (χ2n) is 8.41. The van der Waals surface area contributed by atoms with E-state index in [1.807, 2.05) is 0 Å². The number of carbonyl (C=O) groups excluding carboxylic acids is 3. The third-order valence-corrected chi connectivity index (χ3v) is 8.16. The molecule has 11 heteroatoms. The third kappa shape index (κ3) is 3.38. The molecule has 2 amide bonds. The molecule has 2 heterocycles. The lowest BCUT2D eigenvalue weighted by Crippen LogP contribution is -2.52. The van der Waals surface area contributed by atoms with Gasteiger partial charge in [-0.2, -0.15) is 0 Å². The molecule has 1 saturated heterocycles. The fraction of sp³-hybridized carbons (Fsp3) is 0.292. The van der Waals surface area contributed by atoms with Crippen molar-refractivity contribution in [3.63, 3.8) is 0 Å². The number of ether oxygens (including phenoxy) is 1. The molecule has 1 fully saturated rings. The number of nitrogens with zero attached hydrogens (tertiary/aromatic N) is 3. The van der Waals surface area contributed by atoms with E-state index in [-0.39, 0.29) is 23.6 Å². The van der Waals surface area contributed by atoms with E-state index in [0.717, 1.165) is 9.21 Å². The first-order chi connectivity index (χ1) is 16.5. The maximum absolute atomic E-state index is 13.8. The van der Waals surface area contributed by atoms with Crippen molar-refractivity contribution in [1.82, 2.24) is 9.21 Å². The Morgan fingerprint density at radius 1 is 1.09 bits per heavy atom. The fourth-order valence-electron chi connectivity index (χ4n) is 4.61. The molecule has 2 aromatic carbocycles. The second-order valence-corrected chi connectivity index (χ2v) is 10.6. The number of hydrogen-bond donors (Lipinski definition) is 1. The number of ketones is 1. The summed E-state index contributed by atoms with van der Waals surface area (Å²) in [6.07, 6.45) is 0. The summed E-state index contributed by atoms with van der Waals surface area (Å²) < 4.78 is 31.4. The first-order valence-electron chi connectivity index (χ1n) is 10.7. The number of hydrogen-bond acceptors (Lipinski definition) is 7. The van der Waals surface area contributed by atoms with Gasteiger partial charge in [0.25, 0.3) is 17.6 Å². The van der Waals surface area contributed by atoms with Gasteiger partial charge in [-0.3, -0.25) is 14.4 Å². The molecule has 0 unspecified atom stereocenters. The standard InChI is InChI=1S/C24H25N3O7S/c1-25(2)35(32,33)16-9-7-8-15(14-16)20(28)19-21(29)22(30)27(12-13-34-4)24(19)17-10-5-6-11-18(17)26(3)23(24)31/h5-11,14,28H,12-13H2,1-4H3/t24-/m1/s1. The second kappa shape index (κ2) is 8.59. The molecule has 0 aliphatic carbocycles.